The monoisotopic (exact) mass is 242 g/mol. The Bertz CT molecular complexity index is 232. The molecule has 3 nitrogen and oxygen atoms in total. The lowest BCUT2D eigenvalue weighted by Gasteiger charge is -2.36. The van der Waals surface area contributed by atoms with Crippen LogP contribution in [0.3, 0.4) is 0 Å². The Morgan fingerprint density at radius 2 is 2.06 bits per heavy atom. The first-order valence-electron chi connectivity index (χ1n) is 5.94. The van der Waals surface area contributed by atoms with E-state index in [0.717, 1.165) is 45.5 Å². The second kappa shape index (κ2) is 7.16. The second-order valence-corrected chi connectivity index (χ2v) is 5.54. The summed E-state index contributed by atoms with van der Waals surface area (Å²) in [5, 5.41) is 9.17. The van der Waals surface area contributed by atoms with Gasteiger partial charge < -0.3 is 9.64 Å². The van der Waals surface area contributed by atoms with Crippen molar-refractivity contribution in [2.24, 2.45) is 0 Å². The van der Waals surface area contributed by atoms with Gasteiger partial charge in [-0.2, -0.15) is 5.26 Å². The van der Waals surface area contributed by atoms with E-state index in [2.05, 4.69) is 17.2 Å². The van der Waals surface area contributed by atoms with E-state index in [4.69, 9.17) is 10.00 Å². The van der Waals surface area contributed by atoms with Gasteiger partial charge in [0.2, 0.25) is 0 Å². The van der Waals surface area contributed by atoms with Gasteiger partial charge in [0.15, 0.2) is 0 Å². The van der Waals surface area contributed by atoms with Crippen LogP contribution in [0.4, 0.5) is 0 Å². The minimum Gasteiger partial charge on any atom is -0.385 e. The van der Waals surface area contributed by atoms with Crippen LogP contribution in [0.25, 0.3) is 0 Å². The Morgan fingerprint density at radius 3 is 2.56 bits per heavy atom. The molecule has 1 heterocycles. The highest BCUT2D eigenvalue weighted by Crippen LogP contribution is 2.33. The van der Waals surface area contributed by atoms with Crippen LogP contribution in [0, 0.1) is 11.3 Å². The summed E-state index contributed by atoms with van der Waals surface area (Å²) in [6, 6.07) is 2.48. The molecule has 1 rings (SSSR count). The fourth-order valence-corrected chi connectivity index (χ4v) is 2.76. The number of rotatable bonds is 6. The van der Waals surface area contributed by atoms with Gasteiger partial charge in [0.1, 0.15) is 4.75 Å². The molecular weight excluding hydrogens is 220 g/mol. The zero-order valence-corrected chi connectivity index (χ0v) is 11.2. The predicted octanol–water partition coefficient (Wildman–Crippen LogP) is 2.13. The van der Waals surface area contributed by atoms with E-state index in [0.29, 0.717) is 0 Å². The van der Waals surface area contributed by atoms with Gasteiger partial charge in [-0.25, -0.2) is 0 Å². The highest BCUT2D eigenvalue weighted by Gasteiger charge is 2.33. The summed E-state index contributed by atoms with van der Waals surface area (Å²) in [6.07, 6.45) is 6.41. The lowest BCUT2D eigenvalue weighted by atomic mass is 9.97. The summed E-state index contributed by atoms with van der Waals surface area (Å²) >= 11 is 1.72. The van der Waals surface area contributed by atoms with Crippen molar-refractivity contribution in [3.05, 3.63) is 0 Å². The van der Waals surface area contributed by atoms with Gasteiger partial charge in [0.05, 0.1) is 6.07 Å². The first-order valence-corrected chi connectivity index (χ1v) is 7.16. The van der Waals surface area contributed by atoms with Crippen molar-refractivity contribution in [2.45, 2.75) is 30.4 Å². The molecule has 0 radical (unpaired) electrons. The zero-order chi connectivity index (χ0) is 11.9. The third-order valence-corrected chi connectivity index (χ3v) is 4.61. The molecule has 0 N–H and O–H groups in total. The summed E-state index contributed by atoms with van der Waals surface area (Å²) in [4.78, 5) is 2.47. The number of hydrogen-bond donors (Lipinski definition) is 0. The van der Waals surface area contributed by atoms with Crippen molar-refractivity contribution in [1.29, 1.82) is 5.26 Å². The lowest BCUT2D eigenvalue weighted by Crippen LogP contribution is -2.41. The Balaban J connectivity index is 2.19. The summed E-state index contributed by atoms with van der Waals surface area (Å²) in [5.74, 6) is 0. The van der Waals surface area contributed by atoms with Crippen molar-refractivity contribution in [3.8, 4) is 6.07 Å². The number of methoxy groups -OCH3 is 1. The molecule has 1 aliphatic rings. The molecule has 92 valence electrons. The van der Waals surface area contributed by atoms with Crippen LogP contribution in [0.5, 0.6) is 0 Å². The number of nitriles is 1. The third kappa shape index (κ3) is 3.97. The Labute approximate surface area is 103 Å². The highest BCUT2D eigenvalue weighted by atomic mass is 32.2. The van der Waals surface area contributed by atoms with Crippen LogP contribution in [0.15, 0.2) is 0 Å². The van der Waals surface area contributed by atoms with Gasteiger partial charge >= 0.3 is 0 Å². The molecule has 1 fully saturated rings. The summed E-state index contributed by atoms with van der Waals surface area (Å²) in [7, 11) is 1.75. The van der Waals surface area contributed by atoms with Crippen LogP contribution in [-0.2, 0) is 4.74 Å². The van der Waals surface area contributed by atoms with Crippen LogP contribution < -0.4 is 0 Å². The van der Waals surface area contributed by atoms with Gasteiger partial charge in [0.25, 0.3) is 0 Å². The molecule has 16 heavy (non-hydrogen) atoms. The van der Waals surface area contributed by atoms with Crippen LogP contribution >= 0.6 is 11.8 Å². The van der Waals surface area contributed by atoms with E-state index in [-0.39, 0.29) is 4.75 Å². The van der Waals surface area contributed by atoms with E-state index in [9.17, 15) is 0 Å². The molecule has 0 aromatic heterocycles. The summed E-state index contributed by atoms with van der Waals surface area (Å²) in [6.45, 7) is 4.16. The molecule has 0 bridgehead atoms. The maximum atomic E-state index is 9.17. The topological polar surface area (TPSA) is 36.3 Å². The molecule has 0 aromatic carbocycles. The molecule has 0 atom stereocenters. The lowest BCUT2D eigenvalue weighted by molar-refractivity contribution is 0.175. The van der Waals surface area contributed by atoms with Crippen LogP contribution in [-0.4, -0.2) is 49.3 Å². The van der Waals surface area contributed by atoms with Crippen molar-refractivity contribution in [1.82, 2.24) is 4.90 Å². The molecule has 0 amide bonds. The minimum absolute atomic E-state index is 0.108. The average molecular weight is 242 g/mol. The third-order valence-electron chi connectivity index (χ3n) is 3.33. The fourth-order valence-electron chi connectivity index (χ4n) is 2.08. The van der Waals surface area contributed by atoms with E-state index in [1.54, 1.807) is 18.9 Å². The number of likely N-dealkylation sites (tertiary alicyclic amines) is 1. The van der Waals surface area contributed by atoms with E-state index in [1.165, 1.54) is 6.42 Å². The average Bonchev–Trinajstić information content (AvgIpc) is 2.36. The highest BCUT2D eigenvalue weighted by molar-refractivity contribution is 8.00. The smallest absolute Gasteiger partial charge is 0.104 e. The largest absolute Gasteiger partial charge is 0.385 e. The number of ether oxygens (including phenoxy) is 1. The zero-order valence-electron chi connectivity index (χ0n) is 10.4. The molecule has 1 saturated heterocycles. The predicted molar refractivity (Wildman–Crippen MR) is 68.6 cm³/mol. The Morgan fingerprint density at radius 1 is 1.38 bits per heavy atom. The van der Waals surface area contributed by atoms with E-state index in [1.807, 2.05) is 0 Å². The second-order valence-electron chi connectivity index (χ2n) is 4.35. The van der Waals surface area contributed by atoms with E-state index >= 15 is 0 Å². The molecule has 0 aliphatic carbocycles. The first kappa shape index (κ1) is 13.8. The Kier molecular flexibility index (Phi) is 6.18. The number of hydrogen-bond acceptors (Lipinski definition) is 4. The standard InChI is InChI=1S/C12H22N2OS/c1-15-10-4-3-7-14-8-5-12(11-13,16-2)6-9-14/h3-10H2,1-2H3. The van der Waals surface area contributed by atoms with Crippen molar-refractivity contribution < 1.29 is 4.74 Å². The van der Waals surface area contributed by atoms with Crippen molar-refractivity contribution >= 4 is 11.8 Å². The maximum absolute atomic E-state index is 9.17. The van der Waals surface area contributed by atoms with Crippen LogP contribution in [0.1, 0.15) is 25.7 Å². The minimum atomic E-state index is -0.108. The maximum Gasteiger partial charge on any atom is 0.104 e. The first-order chi connectivity index (χ1) is 7.76. The quantitative estimate of drug-likeness (QED) is 0.669. The SMILES string of the molecule is COCCCCN1CCC(C#N)(SC)CC1. The van der Waals surface area contributed by atoms with Gasteiger partial charge in [-0.1, -0.05) is 0 Å². The van der Waals surface area contributed by atoms with E-state index < -0.39 is 0 Å². The number of nitrogens with zero attached hydrogens (tertiary/aromatic N) is 2. The van der Waals surface area contributed by atoms with Crippen molar-refractivity contribution in [2.75, 3.05) is 39.6 Å². The van der Waals surface area contributed by atoms with Gasteiger partial charge in [-0.15, -0.1) is 11.8 Å². The number of thioether (sulfide) groups is 1. The Hall–Kier alpha value is -0.240. The number of unbranched alkanes of at least 4 members (excludes halogenated alkanes) is 1. The van der Waals surface area contributed by atoms with Gasteiger partial charge in [0, 0.05) is 26.8 Å². The summed E-state index contributed by atoms with van der Waals surface area (Å²) in [5.41, 5.74) is 0. The molecule has 0 aromatic rings. The molecule has 0 unspecified atom stereocenters. The molecule has 0 spiro atoms. The normalized spacial score (nSPS) is 20.6. The van der Waals surface area contributed by atoms with Crippen molar-refractivity contribution in [3.63, 3.8) is 0 Å². The fraction of sp³-hybridized carbons (Fsp3) is 0.917. The summed E-state index contributed by atoms with van der Waals surface area (Å²) < 4.78 is 4.93. The molecule has 4 heteroatoms. The number of piperidine rings is 1. The van der Waals surface area contributed by atoms with Gasteiger partial charge in [-0.05, 0) is 38.5 Å². The molecular formula is C12H22N2OS. The molecule has 1 aliphatic heterocycles. The van der Waals surface area contributed by atoms with Gasteiger partial charge in [-0.3, -0.25) is 0 Å². The molecule has 0 saturated carbocycles. The van der Waals surface area contributed by atoms with Crippen LogP contribution in [0.2, 0.25) is 0 Å².